The molecule has 2 aromatic heterocycles. The Kier molecular flexibility index (Phi) is 6.34. The minimum absolute atomic E-state index is 0.0643. The van der Waals surface area contributed by atoms with Gasteiger partial charge in [-0.1, -0.05) is 6.07 Å². The van der Waals surface area contributed by atoms with Crippen molar-refractivity contribution in [3.05, 3.63) is 60.7 Å². The van der Waals surface area contributed by atoms with Crippen LogP contribution in [0.1, 0.15) is 12.2 Å². The molecule has 0 saturated carbocycles. The zero-order valence-corrected chi connectivity index (χ0v) is 18.1. The van der Waals surface area contributed by atoms with E-state index >= 15 is 0 Å². The minimum atomic E-state index is -0.379. The number of aryl methyl sites for hydroxylation is 1. The van der Waals surface area contributed by atoms with Crippen molar-refractivity contribution in [2.75, 3.05) is 37.0 Å². The van der Waals surface area contributed by atoms with E-state index in [9.17, 15) is 9.59 Å². The molecular formula is C23H26N6O3. The molecule has 32 heavy (non-hydrogen) atoms. The van der Waals surface area contributed by atoms with Crippen LogP contribution < -0.4 is 20.3 Å². The van der Waals surface area contributed by atoms with Crippen molar-refractivity contribution in [3.8, 4) is 11.6 Å². The van der Waals surface area contributed by atoms with E-state index in [0.717, 1.165) is 11.5 Å². The van der Waals surface area contributed by atoms with Crippen LogP contribution in [0.5, 0.6) is 5.75 Å². The Bertz CT molecular complexity index is 1100. The second-order valence-corrected chi connectivity index (χ2v) is 7.57. The van der Waals surface area contributed by atoms with E-state index < -0.39 is 0 Å². The van der Waals surface area contributed by atoms with Crippen LogP contribution in [-0.4, -0.2) is 53.1 Å². The average Bonchev–Trinajstić information content (AvgIpc) is 3.46. The van der Waals surface area contributed by atoms with E-state index in [1.807, 2.05) is 60.3 Å². The molecule has 0 aliphatic carbocycles. The summed E-state index contributed by atoms with van der Waals surface area (Å²) in [6, 6.07) is 13.0. The maximum atomic E-state index is 12.6. The SMILES string of the molecule is COc1cccc(N2CC(C(=O)NCCNc3cc(-n4cccc4)nc(C)n3)CC2=O)c1. The highest BCUT2D eigenvalue weighted by molar-refractivity contribution is 6.00. The number of hydrogen-bond donors (Lipinski definition) is 2. The standard InChI is InChI=1S/C23H26N6O3/c1-16-26-20(14-21(27-16)28-10-3-4-11-28)24-8-9-25-23(31)17-12-22(30)29(15-17)18-6-5-7-19(13-18)32-2/h3-7,10-11,13-14,17H,8-9,12,15H2,1-2H3,(H,25,31)(H,24,26,27). The Balaban J connectivity index is 1.28. The van der Waals surface area contributed by atoms with Crippen molar-refractivity contribution >= 4 is 23.3 Å². The largest absolute Gasteiger partial charge is 0.497 e. The van der Waals surface area contributed by atoms with Crippen LogP contribution >= 0.6 is 0 Å². The number of carbonyl (C=O) groups excluding carboxylic acids is 2. The summed E-state index contributed by atoms with van der Waals surface area (Å²) in [6.45, 7) is 3.12. The molecule has 3 aromatic rings. The van der Waals surface area contributed by atoms with Gasteiger partial charge in [0.1, 0.15) is 23.2 Å². The van der Waals surface area contributed by atoms with Crippen molar-refractivity contribution in [1.29, 1.82) is 0 Å². The van der Waals surface area contributed by atoms with Crippen LogP contribution in [-0.2, 0) is 9.59 Å². The van der Waals surface area contributed by atoms with Crippen molar-refractivity contribution in [2.45, 2.75) is 13.3 Å². The average molecular weight is 435 g/mol. The smallest absolute Gasteiger partial charge is 0.227 e. The van der Waals surface area contributed by atoms with Gasteiger partial charge in [0.05, 0.1) is 13.0 Å². The molecule has 1 atom stereocenters. The normalized spacial score (nSPS) is 15.6. The fourth-order valence-corrected chi connectivity index (χ4v) is 3.69. The van der Waals surface area contributed by atoms with E-state index in [2.05, 4.69) is 20.6 Å². The lowest BCUT2D eigenvalue weighted by Gasteiger charge is -2.17. The van der Waals surface area contributed by atoms with Crippen molar-refractivity contribution in [1.82, 2.24) is 19.9 Å². The van der Waals surface area contributed by atoms with Crippen LogP contribution in [0.3, 0.4) is 0 Å². The predicted octanol–water partition coefficient (Wildman–Crippen LogP) is 2.17. The molecular weight excluding hydrogens is 408 g/mol. The van der Waals surface area contributed by atoms with Gasteiger partial charge in [-0.05, 0) is 31.2 Å². The monoisotopic (exact) mass is 434 g/mol. The van der Waals surface area contributed by atoms with E-state index in [1.54, 1.807) is 18.1 Å². The van der Waals surface area contributed by atoms with Crippen LogP contribution in [0.25, 0.3) is 5.82 Å². The highest BCUT2D eigenvalue weighted by Crippen LogP contribution is 2.27. The molecule has 9 nitrogen and oxygen atoms in total. The lowest BCUT2D eigenvalue weighted by atomic mass is 10.1. The number of benzene rings is 1. The Morgan fingerprint density at radius 2 is 1.97 bits per heavy atom. The van der Waals surface area contributed by atoms with Gasteiger partial charge in [0.15, 0.2) is 0 Å². The van der Waals surface area contributed by atoms with Crippen LogP contribution in [0.2, 0.25) is 0 Å². The highest BCUT2D eigenvalue weighted by Gasteiger charge is 2.35. The molecule has 9 heteroatoms. The van der Waals surface area contributed by atoms with Crippen LogP contribution in [0.4, 0.5) is 11.5 Å². The molecule has 1 saturated heterocycles. The number of aromatic nitrogens is 3. The van der Waals surface area contributed by atoms with Crippen molar-refractivity contribution in [3.63, 3.8) is 0 Å². The second kappa shape index (κ2) is 9.51. The first-order chi connectivity index (χ1) is 15.5. The Morgan fingerprint density at radius 1 is 1.16 bits per heavy atom. The molecule has 1 unspecified atom stereocenters. The lowest BCUT2D eigenvalue weighted by Crippen LogP contribution is -2.35. The number of anilines is 2. The summed E-state index contributed by atoms with van der Waals surface area (Å²) < 4.78 is 7.14. The molecule has 0 radical (unpaired) electrons. The molecule has 2 N–H and O–H groups in total. The van der Waals surface area contributed by atoms with Crippen LogP contribution in [0, 0.1) is 12.8 Å². The molecule has 1 fully saturated rings. The zero-order chi connectivity index (χ0) is 22.5. The van der Waals surface area contributed by atoms with E-state index in [0.29, 0.717) is 37.0 Å². The fraction of sp³-hybridized carbons (Fsp3) is 0.304. The maximum Gasteiger partial charge on any atom is 0.227 e. The topological polar surface area (TPSA) is 101 Å². The van der Waals surface area contributed by atoms with E-state index in [-0.39, 0.29) is 24.2 Å². The predicted molar refractivity (Wildman–Crippen MR) is 121 cm³/mol. The van der Waals surface area contributed by atoms with Gasteiger partial charge >= 0.3 is 0 Å². The van der Waals surface area contributed by atoms with Gasteiger partial charge < -0.3 is 24.8 Å². The summed E-state index contributed by atoms with van der Waals surface area (Å²) in [5, 5.41) is 6.13. The summed E-state index contributed by atoms with van der Waals surface area (Å²) in [6.07, 6.45) is 4.04. The summed E-state index contributed by atoms with van der Waals surface area (Å²) in [7, 11) is 1.58. The fourth-order valence-electron chi connectivity index (χ4n) is 3.69. The molecule has 4 rings (SSSR count). The molecule has 166 valence electrons. The molecule has 2 amide bonds. The highest BCUT2D eigenvalue weighted by atomic mass is 16.5. The van der Waals surface area contributed by atoms with E-state index in [1.165, 1.54) is 0 Å². The third-order valence-corrected chi connectivity index (χ3v) is 5.28. The Hall–Kier alpha value is -3.88. The van der Waals surface area contributed by atoms with Gasteiger partial charge in [0, 0.05) is 56.3 Å². The van der Waals surface area contributed by atoms with Crippen molar-refractivity contribution in [2.24, 2.45) is 5.92 Å². The number of methoxy groups -OCH3 is 1. The Labute approximate surface area is 186 Å². The minimum Gasteiger partial charge on any atom is -0.497 e. The number of nitrogens with one attached hydrogen (secondary N) is 2. The molecule has 3 heterocycles. The van der Waals surface area contributed by atoms with Gasteiger partial charge in [-0.3, -0.25) is 9.59 Å². The summed E-state index contributed by atoms with van der Waals surface area (Å²) in [5.41, 5.74) is 0.740. The maximum absolute atomic E-state index is 12.6. The number of carbonyl (C=O) groups is 2. The van der Waals surface area contributed by atoms with E-state index in [4.69, 9.17) is 4.74 Å². The first kappa shape index (κ1) is 21.4. The number of ether oxygens (including phenoxy) is 1. The van der Waals surface area contributed by atoms with Gasteiger partial charge in [-0.15, -0.1) is 0 Å². The third kappa shape index (κ3) is 4.88. The first-order valence-corrected chi connectivity index (χ1v) is 10.5. The van der Waals surface area contributed by atoms with Crippen LogP contribution in [0.15, 0.2) is 54.9 Å². The summed E-state index contributed by atoms with van der Waals surface area (Å²) >= 11 is 0. The summed E-state index contributed by atoms with van der Waals surface area (Å²) in [4.78, 5) is 35.5. The number of nitrogens with zero attached hydrogens (tertiary/aromatic N) is 4. The number of hydrogen-bond acceptors (Lipinski definition) is 6. The van der Waals surface area contributed by atoms with Gasteiger partial charge in [-0.25, -0.2) is 9.97 Å². The first-order valence-electron chi connectivity index (χ1n) is 10.5. The second-order valence-electron chi connectivity index (χ2n) is 7.57. The zero-order valence-electron chi connectivity index (χ0n) is 18.1. The number of rotatable bonds is 8. The molecule has 1 aromatic carbocycles. The Morgan fingerprint density at radius 3 is 2.75 bits per heavy atom. The van der Waals surface area contributed by atoms with Crippen molar-refractivity contribution < 1.29 is 14.3 Å². The van der Waals surface area contributed by atoms with Gasteiger partial charge in [-0.2, -0.15) is 0 Å². The lowest BCUT2D eigenvalue weighted by molar-refractivity contribution is -0.126. The number of amides is 2. The molecule has 1 aliphatic heterocycles. The van der Waals surface area contributed by atoms with Gasteiger partial charge in [0.25, 0.3) is 0 Å². The molecule has 0 spiro atoms. The summed E-state index contributed by atoms with van der Waals surface area (Å²) in [5.74, 6) is 2.23. The quantitative estimate of drug-likeness (QED) is 0.527. The van der Waals surface area contributed by atoms with Gasteiger partial charge in [0.2, 0.25) is 11.8 Å². The third-order valence-electron chi connectivity index (χ3n) is 5.28. The molecule has 0 bridgehead atoms. The molecule has 1 aliphatic rings.